The summed E-state index contributed by atoms with van der Waals surface area (Å²) in [6, 6.07) is 9.63. The van der Waals surface area contributed by atoms with Crippen LogP contribution in [0, 0.1) is 17.2 Å². The molecule has 0 spiro atoms. The number of nitrogens with one attached hydrogen (secondary N) is 1. The van der Waals surface area contributed by atoms with E-state index in [2.05, 4.69) is 23.4 Å². The summed E-state index contributed by atoms with van der Waals surface area (Å²) in [6.45, 7) is 4.02. The van der Waals surface area contributed by atoms with Gasteiger partial charge in [0.1, 0.15) is 0 Å². The highest BCUT2D eigenvalue weighted by Gasteiger charge is 2.11. The third kappa shape index (κ3) is 4.65. The van der Waals surface area contributed by atoms with Gasteiger partial charge in [0, 0.05) is 37.5 Å². The van der Waals surface area contributed by atoms with Crippen LogP contribution in [-0.4, -0.2) is 28.0 Å². The highest BCUT2D eigenvalue weighted by atomic mass is 16.3. The number of aliphatic hydroxyl groups excluding tert-OH is 1. The zero-order chi connectivity index (χ0) is 16.7. The van der Waals surface area contributed by atoms with Crippen molar-refractivity contribution in [2.24, 2.45) is 13.0 Å². The van der Waals surface area contributed by atoms with Gasteiger partial charge in [-0.05, 0) is 31.0 Å². The summed E-state index contributed by atoms with van der Waals surface area (Å²) in [5, 5.41) is 26.0. The van der Waals surface area contributed by atoms with E-state index in [-0.39, 0.29) is 6.61 Å². The number of hydrogen-bond donors (Lipinski definition) is 2. The van der Waals surface area contributed by atoms with Crippen molar-refractivity contribution in [2.75, 3.05) is 13.2 Å². The predicted octanol–water partition coefficient (Wildman–Crippen LogP) is 2.46. The Bertz CT molecular complexity index is 655. The summed E-state index contributed by atoms with van der Waals surface area (Å²) < 4.78 is 1.82. The first-order valence-corrected chi connectivity index (χ1v) is 8.02. The molecule has 0 bridgehead atoms. The lowest BCUT2D eigenvalue weighted by molar-refractivity contribution is 0.251. The van der Waals surface area contributed by atoms with Gasteiger partial charge in [-0.2, -0.15) is 10.4 Å². The number of nitrogens with zero attached hydrogens (tertiary/aromatic N) is 3. The maximum atomic E-state index is 9.06. The highest BCUT2D eigenvalue weighted by Crippen LogP contribution is 2.22. The number of benzene rings is 1. The van der Waals surface area contributed by atoms with Crippen LogP contribution in [0.15, 0.2) is 30.5 Å². The third-order valence-corrected chi connectivity index (χ3v) is 4.06. The lowest BCUT2D eigenvalue weighted by Crippen LogP contribution is -2.23. The molecule has 1 heterocycles. The Morgan fingerprint density at radius 2 is 2.09 bits per heavy atom. The van der Waals surface area contributed by atoms with E-state index in [1.165, 1.54) is 0 Å². The molecule has 0 saturated carbocycles. The molecule has 2 rings (SSSR count). The van der Waals surface area contributed by atoms with E-state index in [0.29, 0.717) is 11.5 Å². The first-order valence-electron chi connectivity index (χ1n) is 8.02. The maximum Gasteiger partial charge on any atom is 0.0991 e. The Morgan fingerprint density at radius 1 is 1.35 bits per heavy atom. The molecule has 0 aliphatic heterocycles. The molecular weight excluding hydrogens is 288 g/mol. The molecule has 122 valence electrons. The zero-order valence-corrected chi connectivity index (χ0v) is 13.8. The van der Waals surface area contributed by atoms with Crippen LogP contribution in [0.1, 0.15) is 30.9 Å². The molecule has 0 radical (unpaired) electrons. The van der Waals surface area contributed by atoms with E-state index in [1.807, 2.05) is 42.2 Å². The minimum atomic E-state index is 0.240. The fourth-order valence-electron chi connectivity index (χ4n) is 2.66. The summed E-state index contributed by atoms with van der Waals surface area (Å²) in [7, 11) is 1.91. The molecular formula is C18H24N4O. The van der Waals surface area contributed by atoms with Gasteiger partial charge in [-0.25, -0.2) is 0 Å². The van der Waals surface area contributed by atoms with E-state index in [4.69, 9.17) is 10.4 Å². The van der Waals surface area contributed by atoms with Crippen molar-refractivity contribution in [1.29, 1.82) is 5.26 Å². The number of aryl methyl sites for hydroxylation is 1. The first-order chi connectivity index (χ1) is 11.2. The molecule has 0 aliphatic rings. The lowest BCUT2D eigenvalue weighted by atomic mass is 10.0. The maximum absolute atomic E-state index is 9.06. The van der Waals surface area contributed by atoms with Crippen molar-refractivity contribution in [3.63, 3.8) is 0 Å². The SMILES string of the molecule is CCC(CCO)CNCc1cn(C)nc1-c1ccc(C#N)cc1. The van der Waals surface area contributed by atoms with Gasteiger partial charge in [0.05, 0.1) is 17.3 Å². The highest BCUT2D eigenvalue weighted by molar-refractivity contribution is 5.63. The average molecular weight is 312 g/mol. The van der Waals surface area contributed by atoms with Crippen LogP contribution in [0.5, 0.6) is 0 Å². The van der Waals surface area contributed by atoms with Crippen LogP contribution in [0.2, 0.25) is 0 Å². The van der Waals surface area contributed by atoms with Crippen LogP contribution in [-0.2, 0) is 13.6 Å². The van der Waals surface area contributed by atoms with Gasteiger partial charge in [-0.1, -0.05) is 25.5 Å². The predicted molar refractivity (Wildman–Crippen MR) is 90.5 cm³/mol. The van der Waals surface area contributed by atoms with Crippen LogP contribution in [0.25, 0.3) is 11.3 Å². The van der Waals surface area contributed by atoms with E-state index < -0.39 is 0 Å². The van der Waals surface area contributed by atoms with Gasteiger partial charge in [-0.15, -0.1) is 0 Å². The van der Waals surface area contributed by atoms with Crippen LogP contribution < -0.4 is 5.32 Å². The molecule has 1 unspecified atom stereocenters. The topological polar surface area (TPSA) is 73.9 Å². The van der Waals surface area contributed by atoms with Gasteiger partial charge in [0.15, 0.2) is 0 Å². The van der Waals surface area contributed by atoms with E-state index in [1.54, 1.807) is 0 Å². The molecule has 0 aliphatic carbocycles. The first kappa shape index (κ1) is 17.2. The summed E-state index contributed by atoms with van der Waals surface area (Å²) in [4.78, 5) is 0. The smallest absolute Gasteiger partial charge is 0.0991 e. The van der Waals surface area contributed by atoms with Crippen molar-refractivity contribution in [3.8, 4) is 17.3 Å². The second kappa shape index (κ2) is 8.47. The molecule has 2 N–H and O–H groups in total. The number of nitriles is 1. The molecule has 5 heteroatoms. The van der Waals surface area contributed by atoms with E-state index in [9.17, 15) is 0 Å². The molecule has 0 saturated heterocycles. The third-order valence-electron chi connectivity index (χ3n) is 4.06. The Balaban J connectivity index is 2.06. The van der Waals surface area contributed by atoms with Gasteiger partial charge >= 0.3 is 0 Å². The van der Waals surface area contributed by atoms with E-state index in [0.717, 1.165) is 42.8 Å². The standard InChI is InChI=1S/C18H24N4O/c1-3-14(8-9-23)11-20-12-17-13-22(2)21-18(17)16-6-4-15(10-19)5-7-16/h4-7,13-14,20,23H,3,8-9,11-12H2,1-2H3. The van der Waals surface area contributed by atoms with Crippen molar-refractivity contribution >= 4 is 0 Å². The summed E-state index contributed by atoms with van der Waals surface area (Å²) >= 11 is 0. The Labute approximate surface area is 137 Å². The van der Waals surface area contributed by atoms with Crippen molar-refractivity contribution in [1.82, 2.24) is 15.1 Å². The minimum absolute atomic E-state index is 0.240. The van der Waals surface area contributed by atoms with Crippen LogP contribution in [0.4, 0.5) is 0 Å². The number of rotatable bonds is 8. The molecule has 1 atom stereocenters. The van der Waals surface area contributed by atoms with Gasteiger partial charge in [0.2, 0.25) is 0 Å². The van der Waals surface area contributed by atoms with Crippen molar-refractivity contribution in [2.45, 2.75) is 26.3 Å². The van der Waals surface area contributed by atoms with Crippen LogP contribution >= 0.6 is 0 Å². The Kier molecular flexibility index (Phi) is 6.33. The average Bonchev–Trinajstić information content (AvgIpc) is 2.95. The normalized spacial score (nSPS) is 12.1. The number of aliphatic hydroxyl groups is 1. The molecule has 23 heavy (non-hydrogen) atoms. The van der Waals surface area contributed by atoms with Crippen molar-refractivity contribution in [3.05, 3.63) is 41.6 Å². The second-order valence-corrected chi connectivity index (χ2v) is 5.78. The molecule has 2 aromatic rings. The fraction of sp³-hybridized carbons (Fsp3) is 0.444. The Hall–Kier alpha value is -2.16. The van der Waals surface area contributed by atoms with Gasteiger partial charge in [0.25, 0.3) is 0 Å². The van der Waals surface area contributed by atoms with Gasteiger partial charge in [-0.3, -0.25) is 4.68 Å². The largest absolute Gasteiger partial charge is 0.396 e. The van der Waals surface area contributed by atoms with Gasteiger partial charge < -0.3 is 10.4 Å². The number of hydrogen-bond acceptors (Lipinski definition) is 4. The monoisotopic (exact) mass is 312 g/mol. The van der Waals surface area contributed by atoms with Crippen molar-refractivity contribution < 1.29 is 5.11 Å². The number of aromatic nitrogens is 2. The summed E-state index contributed by atoms with van der Waals surface area (Å²) in [5.41, 5.74) is 3.75. The fourth-order valence-corrected chi connectivity index (χ4v) is 2.66. The molecule has 0 amide bonds. The quantitative estimate of drug-likeness (QED) is 0.785. The minimum Gasteiger partial charge on any atom is -0.396 e. The Morgan fingerprint density at radius 3 is 2.70 bits per heavy atom. The molecule has 5 nitrogen and oxygen atoms in total. The second-order valence-electron chi connectivity index (χ2n) is 5.78. The molecule has 1 aromatic carbocycles. The lowest BCUT2D eigenvalue weighted by Gasteiger charge is -2.14. The molecule has 1 aromatic heterocycles. The molecule has 0 fully saturated rings. The summed E-state index contributed by atoms with van der Waals surface area (Å²) in [6.07, 6.45) is 3.91. The summed E-state index contributed by atoms with van der Waals surface area (Å²) in [5.74, 6) is 0.495. The zero-order valence-electron chi connectivity index (χ0n) is 13.8. The van der Waals surface area contributed by atoms with E-state index >= 15 is 0 Å². The van der Waals surface area contributed by atoms with Crippen LogP contribution in [0.3, 0.4) is 0 Å².